The van der Waals surface area contributed by atoms with Crippen molar-refractivity contribution in [3.05, 3.63) is 55.1 Å². The zero-order chi connectivity index (χ0) is 23.1. The standard InChI is InChI=1S/C26H27N5O3/c1-25(2)33-21-20(31-9-7-18-23(27)29-14-30-24(18)31)13-26(22(21)34-25)11-17(12-26)32-16-6-5-15-4-3-8-28-19(15)10-16/h3-10,14,17,20-22H,11-13H2,1-2H3,(H2,27,29,30)/t17?,20-,21+,22+,26?/m1/s1. The number of hydrogen-bond donors (Lipinski definition) is 1. The maximum atomic E-state index is 6.49. The number of anilines is 1. The second kappa shape index (κ2) is 6.90. The second-order valence-electron chi connectivity index (χ2n) is 10.4. The molecule has 3 fully saturated rings. The SMILES string of the molecule is CC1(C)O[C@H]2[C@H](n3ccc4c(N)ncnc43)CC3(CC(Oc4ccc5cccnc5c4)C3)[C@H]2O1. The number of nitrogen functional groups attached to an aromatic ring is 1. The van der Waals surface area contributed by atoms with Gasteiger partial charge in [0.2, 0.25) is 0 Å². The van der Waals surface area contributed by atoms with E-state index in [0.29, 0.717) is 5.82 Å². The molecule has 0 radical (unpaired) electrons. The van der Waals surface area contributed by atoms with Gasteiger partial charge in [0.25, 0.3) is 0 Å². The van der Waals surface area contributed by atoms with Gasteiger partial charge >= 0.3 is 0 Å². The van der Waals surface area contributed by atoms with Crippen LogP contribution < -0.4 is 10.5 Å². The van der Waals surface area contributed by atoms with Crippen LogP contribution in [0.3, 0.4) is 0 Å². The number of ether oxygens (including phenoxy) is 3. The van der Waals surface area contributed by atoms with Crippen LogP contribution in [0.4, 0.5) is 5.82 Å². The van der Waals surface area contributed by atoms with E-state index in [1.54, 1.807) is 0 Å². The summed E-state index contributed by atoms with van der Waals surface area (Å²) in [7, 11) is 0. The van der Waals surface area contributed by atoms with Crippen molar-refractivity contribution in [2.75, 3.05) is 5.73 Å². The molecule has 0 amide bonds. The van der Waals surface area contributed by atoms with E-state index in [1.165, 1.54) is 6.33 Å². The molecule has 3 aromatic heterocycles. The first-order chi connectivity index (χ1) is 16.4. The third-order valence-corrected chi connectivity index (χ3v) is 7.77. The number of rotatable bonds is 3. The van der Waals surface area contributed by atoms with Crippen LogP contribution in [0.25, 0.3) is 21.9 Å². The Balaban J connectivity index is 1.16. The molecule has 2 N–H and O–H groups in total. The summed E-state index contributed by atoms with van der Waals surface area (Å²) in [5.74, 6) is 0.747. The van der Waals surface area contributed by atoms with Gasteiger partial charge in [-0.05, 0) is 57.4 Å². The summed E-state index contributed by atoms with van der Waals surface area (Å²) in [6.07, 6.45) is 8.32. The van der Waals surface area contributed by atoms with Gasteiger partial charge in [-0.1, -0.05) is 6.07 Å². The molecule has 3 atom stereocenters. The van der Waals surface area contributed by atoms with E-state index in [9.17, 15) is 0 Å². The van der Waals surface area contributed by atoms with E-state index in [1.807, 2.05) is 44.3 Å². The highest BCUT2D eigenvalue weighted by molar-refractivity contribution is 5.86. The molecule has 7 rings (SSSR count). The summed E-state index contributed by atoms with van der Waals surface area (Å²) in [5, 5.41) is 1.99. The molecule has 2 saturated carbocycles. The third-order valence-electron chi connectivity index (χ3n) is 7.77. The van der Waals surface area contributed by atoms with Crippen LogP contribution >= 0.6 is 0 Å². The van der Waals surface area contributed by atoms with Crippen molar-refractivity contribution in [3.63, 3.8) is 0 Å². The van der Waals surface area contributed by atoms with E-state index in [-0.39, 0.29) is 29.8 Å². The van der Waals surface area contributed by atoms with Crippen LogP contribution in [0, 0.1) is 5.41 Å². The van der Waals surface area contributed by atoms with Crippen molar-refractivity contribution in [2.24, 2.45) is 5.41 Å². The maximum Gasteiger partial charge on any atom is 0.163 e. The third kappa shape index (κ3) is 2.95. The monoisotopic (exact) mass is 457 g/mol. The Morgan fingerprint density at radius 3 is 2.82 bits per heavy atom. The van der Waals surface area contributed by atoms with Crippen molar-refractivity contribution in [1.82, 2.24) is 19.5 Å². The number of hydrogen-bond acceptors (Lipinski definition) is 7. The average molecular weight is 458 g/mol. The second-order valence-corrected chi connectivity index (χ2v) is 10.4. The molecule has 4 heterocycles. The first-order valence-corrected chi connectivity index (χ1v) is 11.8. The van der Waals surface area contributed by atoms with Gasteiger partial charge in [-0.3, -0.25) is 4.98 Å². The highest BCUT2D eigenvalue weighted by Crippen LogP contribution is 2.62. The Hall–Kier alpha value is -3.23. The van der Waals surface area contributed by atoms with Gasteiger partial charge in [-0.2, -0.15) is 0 Å². The fraction of sp³-hybridized carbons (Fsp3) is 0.423. The fourth-order valence-corrected chi connectivity index (χ4v) is 6.35. The van der Waals surface area contributed by atoms with E-state index in [2.05, 4.69) is 37.8 Å². The van der Waals surface area contributed by atoms with Gasteiger partial charge in [0, 0.05) is 29.3 Å². The molecule has 1 spiro atoms. The lowest BCUT2D eigenvalue weighted by molar-refractivity contribution is -0.185. The summed E-state index contributed by atoms with van der Waals surface area (Å²) in [5.41, 5.74) is 7.90. The molecular weight excluding hydrogens is 430 g/mol. The number of pyridine rings is 1. The molecule has 3 aliphatic rings. The predicted octanol–water partition coefficient (Wildman–Crippen LogP) is 4.25. The zero-order valence-electron chi connectivity index (χ0n) is 19.2. The van der Waals surface area contributed by atoms with E-state index in [4.69, 9.17) is 19.9 Å². The summed E-state index contributed by atoms with van der Waals surface area (Å²) < 4.78 is 21.5. The Bertz CT molecular complexity index is 1410. The summed E-state index contributed by atoms with van der Waals surface area (Å²) >= 11 is 0. The molecule has 0 unspecified atom stereocenters. The topological polar surface area (TPSA) is 97.3 Å². The van der Waals surface area contributed by atoms with Crippen molar-refractivity contribution in [1.29, 1.82) is 0 Å². The average Bonchev–Trinajstić information content (AvgIpc) is 3.44. The highest BCUT2D eigenvalue weighted by Gasteiger charge is 2.66. The number of aromatic nitrogens is 4. The molecule has 1 aliphatic heterocycles. The van der Waals surface area contributed by atoms with Gasteiger partial charge in [-0.15, -0.1) is 0 Å². The van der Waals surface area contributed by atoms with Gasteiger partial charge in [0.05, 0.1) is 29.2 Å². The molecule has 174 valence electrons. The van der Waals surface area contributed by atoms with Gasteiger partial charge in [-0.25, -0.2) is 9.97 Å². The predicted molar refractivity (Wildman–Crippen MR) is 127 cm³/mol. The normalized spacial score (nSPS) is 31.7. The van der Waals surface area contributed by atoms with Gasteiger partial charge < -0.3 is 24.5 Å². The summed E-state index contributed by atoms with van der Waals surface area (Å²) in [6, 6.07) is 12.2. The minimum absolute atomic E-state index is 0.0119. The molecule has 34 heavy (non-hydrogen) atoms. The zero-order valence-corrected chi connectivity index (χ0v) is 19.2. The molecule has 1 aromatic carbocycles. The first kappa shape index (κ1) is 20.2. The molecule has 8 heteroatoms. The Morgan fingerprint density at radius 2 is 1.94 bits per heavy atom. The lowest BCUT2D eigenvalue weighted by Gasteiger charge is -2.48. The smallest absolute Gasteiger partial charge is 0.163 e. The molecule has 4 aromatic rings. The van der Waals surface area contributed by atoms with E-state index >= 15 is 0 Å². The number of nitrogens with two attached hydrogens (primary N) is 1. The summed E-state index contributed by atoms with van der Waals surface area (Å²) in [4.78, 5) is 13.1. The molecule has 8 nitrogen and oxygen atoms in total. The Labute approximate surface area is 197 Å². The summed E-state index contributed by atoms with van der Waals surface area (Å²) in [6.45, 7) is 4.00. The molecule has 0 bridgehead atoms. The largest absolute Gasteiger partial charge is 0.490 e. The van der Waals surface area contributed by atoms with Crippen LogP contribution in [0.2, 0.25) is 0 Å². The lowest BCUT2D eigenvalue weighted by atomic mass is 9.64. The first-order valence-electron chi connectivity index (χ1n) is 11.8. The molecule has 1 saturated heterocycles. The number of fused-ring (bicyclic) bond motifs is 4. The van der Waals surface area contributed by atoms with Crippen molar-refractivity contribution in [2.45, 2.75) is 63.3 Å². The molecule has 2 aliphatic carbocycles. The fourth-order valence-electron chi connectivity index (χ4n) is 6.35. The maximum absolute atomic E-state index is 6.49. The van der Waals surface area contributed by atoms with Gasteiger partial charge in [0.15, 0.2) is 5.79 Å². The van der Waals surface area contributed by atoms with Crippen molar-refractivity contribution < 1.29 is 14.2 Å². The Morgan fingerprint density at radius 1 is 1.06 bits per heavy atom. The van der Waals surface area contributed by atoms with Crippen LogP contribution in [0.5, 0.6) is 5.75 Å². The van der Waals surface area contributed by atoms with Crippen LogP contribution in [-0.2, 0) is 9.47 Å². The lowest BCUT2D eigenvalue weighted by Crippen LogP contribution is -2.50. The van der Waals surface area contributed by atoms with Crippen molar-refractivity contribution in [3.8, 4) is 5.75 Å². The minimum Gasteiger partial charge on any atom is -0.490 e. The Kier molecular flexibility index (Phi) is 4.09. The van der Waals surface area contributed by atoms with E-state index in [0.717, 1.165) is 46.9 Å². The van der Waals surface area contributed by atoms with Crippen molar-refractivity contribution >= 4 is 27.8 Å². The molecular formula is C26H27N5O3. The number of benzene rings is 1. The van der Waals surface area contributed by atoms with Gasteiger partial charge in [0.1, 0.15) is 29.6 Å². The van der Waals surface area contributed by atoms with Crippen LogP contribution in [-0.4, -0.2) is 43.6 Å². The van der Waals surface area contributed by atoms with Crippen LogP contribution in [0.1, 0.15) is 39.2 Å². The highest BCUT2D eigenvalue weighted by atomic mass is 16.8. The van der Waals surface area contributed by atoms with E-state index < -0.39 is 5.79 Å². The quantitative estimate of drug-likeness (QED) is 0.491. The van der Waals surface area contributed by atoms with Crippen LogP contribution in [0.15, 0.2) is 55.1 Å². The number of nitrogens with zero attached hydrogens (tertiary/aromatic N) is 4. The minimum atomic E-state index is -0.617.